The number of H-pyrrole nitrogens is 2. The molecule has 24 heavy (non-hydrogen) atoms. The third kappa shape index (κ3) is 2.67. The number of carbonyl (C=O) groups excluding carboxylic acids is 1. The predicted molar refractivity (Wildman–Crippen MR) is 86.7 cm³/mol. The first-order chi connectivity index (χ1) is 11.7. The molecule has 1 saturated heterocycles. The molecule has 1 unspecified atom stereocenters. The van der Waals surface area contributed by atoms with Gasteiger partial charge in [0.1, 0.15) is 0 Å². The molecule has 4 heterocycles. The van der Waals surface area contributed by atoms with Crippen LogP contribution in [0.3, 0.4) is 0 Å². The lowest BCUT2D eigenvalue weighted by Crippen LogP contribution is -2.39. The average Bonchev–Trinajstić information content (AvgIpc) is 3.34. The molecular formula is C15H15N5O3S. The first-order valence-corrected chi connectivity index (χ1v) is 8.56. The van der Waals surface area contributed by atoms with Gasteiger partial charge in [-0.15, -0.1) is 11.3 Å². The Morgan fingerprint density at radius 1 is 1.42 bits per heavy atom. The molecule has 124 valence electrons. The minimum Gasteiger partial charge on any atom is -0.355 e. The van der Waals surface area contributed by atoms with Gasteiger partial charge in [0.15, 0.2) is 17.3 Å². The zero-order valence-electron chi connectivity index (χ0n) is 12.7. The summed E-state index contributed by atoms with van der Waals surface area (Å²) in [5, 5.41) is 12.2. The standard InChI is InChI=1S/C15H15N5O3S/c21-14(9-8-11(23-19-9)12-5-3-7-24-12)20-6-2-1-4-10(20)13-16-15(22)18-17-13/h3,5,7-8,10H,1-2,4,6H2,(H2,16,17,18,22). The van der Waals surface area contributed by atoms with Gasteiger partial charge in [0.05, 0.1) is 10.9 Å². The Morgan fingerprint density at radius 2 is 2.33 bits per heavy atom. The van der Waals surface area contributed by atoms with Crippen molar-refractivity contribution < 1.29 is 9.32 Å². The average molecular weight is 345 g/mol. The van der Waals surface area contributed by atoms with Crippen molar-refractivity contribution in [2.24, 2.45) is 0 Å². The molecule has 0 aliphatic carbocycles. The number of hydrogen-bond donors (Lipinski definition) is 2. The molecule has 4 rings (SSSR count). The van der Waals surface area contributed by atoms with Gasteiger partial charge >= 0.3 is 5.69 Å². The topological polar surface area (TPSA) is 108 Å². The van der Waals surface area contributed by atoms with Crippen LogP contribution in [0.4, 0.5) is 0 Å². The highest BCUT2D eigenvalue weighted by atomic mass is 32.1. The maximum Gasteiger partial charge on any atom is 0.340 e. The van der Waals surface area contributed by atoms with E-state index in [9.17, 15) is 9.59 Å². The molecule has 1 aliphatic heterocycles. The summed E-state index contributed by atoms with van der Waals surface area (Å²) in [6, 6.07) is 5.23. The second-order valence-electron chi connectivity index (χ2n) is 5.63. The maximum atomic E-state index is 12.9. The van der Waals surface area contributed by atoms with Gasteiger partial charge < -0.3 is 9.42 Å². The minimum absolute atomic E-state index is 0.213. The second kappa shape index (κ2) is 6.08. The summed E-state index contributed by atoms with van der Waals surface area (Å²) in [7, 11) is 0. The molecule has 9 heteroatoms. The van der Waals surface area contributed by atoms with Crippen LogP contribution in [-0.4, -0.2) is 37.7 Å². The SMILES string of the molecule is O=C(c1cc(-c2cccs2)on1)N1CCCCC1c1n[nH]c(=O)[nH]1. The van der Waals surface area contributed by atoms with Crippen LogP contribution in [0, 0.1) is 0 Å². The number of amides is 1. The summed E-state index contributed by atoms with van der Waals surface area (Å²) in [5.74, 6) is 0.847. The first-order valence-electron chi connectivity index (χ1n) is 7.68. The van der Waals surface area contributed by atoms with E-state index in [0.717, 1.165) is 24.1 Å². The van der Waals surface area contributed by atoms with Gasteiger partial charge in [-0.25, -0.2) is 9.89 Å². The summed E-state index contributed by atoms with van der Waals surface area (Å²) in [4.78, 5) is 29.4. The predicted octanol–water partition coefficient (Wildman–Crippen LogP) is 2.18. The van der Waals surface area contributed by atoms with Crippen molar-refractivity contribution in [3.8, 4) is 10.6 Å². The molecule has 1 fully saturated rings. The number of aromatic amines is 2. The van der Waals surface area contributed by atoms with E-state index in [1.807, 2.05) is 17.5 Å². The Labute approximate surface area is 140 Å². The number of nitrogens with zero attached hydrogens (tertiary/aromatic N) is 3. The van der Waals surface area contributed by atoms with Gasteiger partial charge in [-0.3, -0.25) is 9.78 Å². The minimum atomic E-state index is -0.371. The van der Waals surface area contributed by atoms with E-state index in [0.29, 0.717) is 18.1 Å². The lowest BCUT2D eigenvalue weighted by Gasteiger charge is -2.33. The largest absolute Gasteiger partial charge is 0.355 e. The van der Waals surface area contributed by atoms with Crippen LogP contribution in [0.5, 0.6) is 0 Å². The summed E-state index contributed by atoms with van der Waals surface area (Å²) in [6.07, 6.45) is 2.64. The molecule has 3 aromatic rings. The van der Waals surface area contributed by atoms with Gasteiger partial charge in [-0.1, -0.05) is 11.2 Å². The van der Waals surface area contributed by atoms with E-state index in [-0.39, 0.29) is 23.3 Å². The molecule has 2 N–H and O–H groups in total. The van der Waals surface area contributed by atoms with Crippen LogP contribution in [0.1, 0.15) is 41.6 Å². The van der Waals surface area contributed by atoms with Crippen LogP contribution < -0.4 is 5.69 Å². The highest BCUT2D eigenvalue weighted by Crippen LogP contribution is 2.31. The molecule has 8 nitrogen and oxygen atoms in total. The Balaban J connectivity index is 1.61. The number of thiophene rings is 1. The van der Waals surface area contributed by atoms with Crippen LogP contribution in [0.15, 0.2) is 32.9 Å². The van der Waals surface area contributed by atoms with Crippen molar-refractivity contribution in [2.75, 3.05) is 6.54 Å². The number of rotatable bonds is 3. The molecule has 0 radical (unpaired) electrons. The molecule has 1 atom stereocenters. The third-order valence-corrected chi connectivity index (χ3v) is 4.98. The van der Waals surface area contributed by atoms with Crippen molar-refractivity contribution in [2.45, 2.75) is 25.3 Å². The smallest absolute Gasteiger partial charge is 0.340 e. The zero-order valence-corrected chi connectivity index (χ0v) is 13.5. The van der Waals surface area contributed by atoms with Crippen molar-refractivity contribution in [1.82, 2.24) is 25.2 Å². The fourth-order valence-electron chi connectivity index (χ4n) is 2.96. The van der Waals surface area contributed by atoms with Crippen molar-refractivity contribution in [1.29, 1.82) is 0 Å². The molecule has 0 aromatic carbocycles. The van der Waals surface area contributed by atoms with Crippen LogP contribution in [0.25, 0.3) is 10.6 Å². The summed E-state index contributed by atoms with van der Waals surface area (Å²) >= 11 is 1.52. The highest BCUT2D eigenvalue weighted by molar-refractivity contribution is 7.13. The van der Waals surface area contributed by atoms with Crippen molar-refractivity contribution in [3.63, 3.8) is 0 Å². The number of hydrogen-bond acceptors (Lipinski definition) is 6. The lowest BCUT2D eigenvalue weighted by atomic mass is 10.0. The van der Waals surface area contributed by atoms with Gasteiger partial charge in [0.25, 0.3) is 5.91 Å². The highest BCUT2D eigenvalue weighted by Gasteiger charge is 2.32. The fraction of sp³-hybridized carbons (Fsp3) is 0.333. The first kappa shape index (κ1) is 14.9. The van der Waals surface area contributed by atoms with Gasteiger partial charge in [0.2, 0.25) is 0 Å². The Bertz CT molecular complexity index is 894. The number of aromatic nitrogens is 4. The monoisotopic (exact) mass is 345 g/mol. The summed E-state index contributed by atoms with van der Waals surface area (Å²) in [6.45, 7) is 0.597. The molecule has 3 aromatic heterocycles. The van der Waals surface area contributed by atoms with Gasteiger partial charge in [-0.05, 0) is 30.7 Å². The van der Waals surface area contributed by atoms with Crippen LogP contribution in [-0.2, 0) is 0 Å². The fourth-order valence-corrected chi connectivity index (χ4v) is 3.63. The quantitative estimate of drug-likeness (QED) is 0.756. The van der Waals surface area contributed by atoms with Crippen molar-refractivity contribution >= 4 is 17.2 Å². The maximum absolute atomic E-state index is 12.9. The number of nitrogens with one attached hydrogen (secondary N) is 2. The van der Waals surface area contributed by atoms with Crippen LogP contribution >= 0.6 is 11.3 Å². The van der Waals surface area contributed by atoms with Gasteiger partial charge in [0, 0.05) is 12.6 Å². The van der Waals surface area contributed by atoms with Crippen LogP contribution in [0.2, 0.25) is 0 Å². The zero-order chi connectivity index (χ0) is 16.5. The lowest BCUT2D eigenvalue weighted by molar-refractivity contribution is 0.0590. The summed E-state index contributed by atoms with van der Waals surface area (Å²) < 4.78 is 5.30. The summed E-state index contributed by atoms with van der Waals surface area (Å²) in [5.41, 5.74) is -0.104. The number of carbonyl (C=O) groups is 1. The van der Waals surface area contributed by atoms with Crippen molar-refractivity contribution in [3.05, 3.63) is 45.6 Å². The van der Waals surface area contributed by atoms with E-state index in [2.05, 4.69) is 20.3 Å². The number of likely N-dealkylation sites (tertiary alicyclic amines) is 1. The van der Waals surface area contributed by atoms with E-state index >= 15 is 0 Å². The Morgan fingerprint density at radius 3 is 3.08 bits per heavy atom. The second-order valence-corrected chi connectivity index (χ2v) is 6.57. The molecular weight excluding hydrogens is 330 g/mol. The van der Waals surface area contributed by atoms with E-state index in [1.54, 1.807) is 11.0 Å². The molecule has 1 amide bonds. The molecule has 1 aliphatic rings. The molecule has 0 bridgehead atoms. The Hall–Kier alpha value is -2.68. The van der Waals surface area contributed by atoms with E-state index < -0.39 is 0 Å². The Kier molecular flexibility index (Phi) is 3.77. The molecule has 0 saturated carbocycles. The van der Waals surface area contributed by atoms with E-state index in [4.69, 9.17) is 4.52 Å². The normalized spacial score (nSPS) is 18.0. The van der Waals surface area contributed by atoms with E-state index in [1.165, 1.54) is 11.3 Å². The molecule has 0 spiro atoms. The third-order valence-electron chi connectivity index (χ3n) is 4.09. The number of piperidine rings is 1. The van der Waals surface area contributed by atoms with Gasteiger partial charge in [-0.2, -0.15) is 5.10 Å².